The first-order valence-electron chi connectivity index (χ1n) is 8.23. The van der Waals surface area contributed by atoms with Crippen LogP contribution in [0.25, 0.3) is 0 Å². The van der Waals surface area contributed by atoms with Crippen LogP contribution in [-0.2, 0) is 0 Å². The van der Waals surface area contributed by atoms with Crippen molar-refractivity contribution < 1.29 is 9.59 Å². The predicted octanol–water partition coefficient (Wildman–Crippen LogP) is 3.11. The normalized spacial score (nSPS) is 24.7. The molecule has 1 saturated carbocycles. The number of imide groups is 1. The average molecular weight is 295 g/mol. The topological polar surface area (TPSA) is 61.4 Å². The van der Waals surface area contributed by atoms with Crippen LogP contribution in [0.4, 0.5) is 9.59 Å². The molecule has 5 nitrogen and oxygen atoms in total. The van der Waals surface area contributed by atoms with E-state index in [1.165, 1.54) is 32.1 Å². The summed E-state index contributed by atoms with van der Waals surface area (Å²) in [4.78, 5) is 25.6. The molecule has 120 valence electrons. The first-order valence-corrected chi connectivity index (χ1v) is 8.23. The quantitative estimate of drug-likeness (QED) is 0.837. The lowest BCUT2D eigenvalue weighted by Crippen LogP contribution is -2.51. The number of nitrogens with zero attached hydrogens (tertiary/aromatic N) is 1. The lowest BCUT2D eigenvalue weighted by atomic mass is 9.85. The van der Waals surface area contributed by atoms with E-state index in [2.05, 4.69) is 31.4 Å². The van der Waals surface area contributed by atoms with Crippen LogP contribution in [-0.4, -0.2) is 36.1 Å². The molecule has 1 atom stereocenters. The molecule has 0 aromatic carbocycles. The standard InChI is InChI=1S/C16H29N3O2/c1-16(2,3)13-11-17-14(20)18-15(21)19(13)10-6-9-12-7-4-5-8-12/h12-13H,4-11H2,1-3H3,(H2,17,18,20,21). The molecule has 2 fully saturated rings. The monoisotopic (exact) mass is 295 g/mol. The second-order valence-corrected chi connectivity index (χ2v) is 7.51. The fourth-order valence-electron chi connectivity index (χ4n) is 3.53. The van der Waals surface area contributed by atoms with E-state index in [1.54, 1.807) is 0 Å². The number of amides is 4. The van der Waals surface area contributed by atoms with Gasteiger partial charge in [-0.15, -0.1) is 0 Å². The summed E-state index contributed by atoms with van der Waals surface area (Å²) in [6, 6.07) is -0.601. The molecule has 1 unspecified atom stereocenters. The Bertz CT molecular complexity index is 383. The molecule has 0 aromatic heterocycles. The molecule has 1 saturated heterocycles. The Hall–Kier alpha value is -1.26. The minimum absolute atomic E-state index is 0.0347. The van der Waals surface area contributed by atoms with Gasteiger partial charge in [0.1, 0.15) is 0 Å². The van der Waals surface area contributed by atoms with Crippen molar-refractivity contribution in [3.8, 4) is 0 Å². The highest BCUT2D eigenvalue weighted by molar-refractivity contribution is 5.94. The summed E-state index contributed by atoms with van der Waals surface area (Å²) in [5.74, 6) is 0.841. The second-order valence-electron chi connectivity index (χ2n) is 7.51. The van der Waals surface area contributed by atoms with E-state index < -0.39 is 0 Å². The van der Waals surface area contributed by atoms with E-state index in [1.807, 2.05) is 4.90 Å². The van der Waals surface area contributed by atoms with Gasteiger partial charge in [0.05, 0.1) is 6.04 Å². The third-order valence-corrected chi connectivity index (χ3v) is 4.80. The first kappa shape index (κ1) is 16.1. The van der Waals surface area contributed by atoms with Crippen LogP contribution < -0.4 is 10.6 Å². The molecule has 1 aliphatic carbocycles. The molecule has 2 N–H and O–H groups in total. The van der Waals surface area contributed by atoms with Gasteiger partial charge in [-0.2, -0.15) is 0 Å². The Kier molecular flexibility index (Phi) is 5.12. The summed E-state index contributed by atoms with van der Waals surface area (Å²) >= 11 is 0. The van der Waals surface area contributed by atoms with Gasteiger partial charge in [-0.1, -0.05) is 46.5 Å². The van der Waals surface area contributed by atoms with Gasteiger partial charge in [-0.05, 0) is 24.2 Å². The van der Waals surface area contributed by atoms with Gasteiger partial charge < -0.3 is 10.2 Å². The Balaban J connectivity index is 1.96. The average Bonchev–Trinajstić information content (AvgIpc) is 2.83. The summed E-state index contributed by atoms with van der Waals surface area (Å²) in [6.07, 6.45) is 7.63. The zero-order chi connectivity index (χ0) is 15.5. The summed E-state index contributed by atoms with van der Waals surface area (Å²) in [5, 5.41) is 5.19. The van der Waals surface area contributed by atoms with Crippen molar-refractivity contribution in [2.45, 2.75) is 65.3 Å². The van der Waals surface area contributed by atoms with Crippen LogP contribution in [0.5, 0.6) is 0 Å². The minimum atomic E-state index is -0.382. The van der Waals surface area contributed by atoms with Crippen molar-refractivity contribution >= 4 is 12.1 Å². The maximum absolute atomic E-state index is 12.3. The molecule has 0 radical (unpaired) electrons. The molecule has 0 spiro atoms. The van der Waals surface area contributed by atoms with Crippen LogP contribution in [0.15, 0.2) is 0 Å². The highest BCUT2D eigenvalue weighted by atomic mass is 16.2. The Morgan fingerprint density at radius 3 is 2.48 bits per heavy atom. The van der Waals surface area contributed by atoms with E-state index in [-0.39, 0.29) is 23.5 Å². The molecular weight excluding hydrogens is 266 g/mol. The zero-order valence-corrected chi connectivity index (χ0v) is 13.6. The summed E-state index contributed by atoms with van der Waals surface area (Å²) < 4.78 is 0. The zero-order valence-electron chi connectivity index (χ0n) is 13.6. The summed E-state index contributed by atoms with van der Waals surface area (Å²) in [6.45, 7) is 7.61. The second kappa shape index (κ2) is 6.67. The van der Waals surface area contributed by atoms with E-state index in [0.717, 1.165) is 18.9 Å². The van der Waals surface area contributed by atoms with Crippen molar-refractivity contribution in [3.05, 3.63) is 0 Å². The van der Waals surface area contributed by atoms with Crippen molar-refractivity contribution in [1.29, 1.82) is 0 Å². The van der Waals surface area contributed by atoms with Crippen LogP contribution in [0.3, 0.4) is 0 Å². The molecule has 4 amide bonds. The van der Waals surface area contributed by atoms with Gasteiger partial charge in [-0.3, -0.25) is 5.32 Å². The van der Waals surface area contributed by atoms with Gasteiger partial charge >= 0.3 is 12.1 Å². The summed E-state index contributed by atoms with van der Waals surface area (Å²) in [5.41, 5.74) is -0.0533. The van der Waals surface area contributed by atoms with Crippen molar-refractivity contribution in [1.82, 2.24) is 15.5 Å². The number of hydrogen-bond acceptors (Lipinski definition) is 2. The van der Waals surface area contributed by atoms with E-state index in [0.29, 0.717) is 6.54 Å². The van der Waals surface area contributed by atoms with E-state index >= 15 is 0 Å². The molecular formula is C16H29N3O2. The SMILES string of the molecule is CC(C)(C)C1CNC(=O)NC(=O)N1CCCC1CCCC1. The molecule has 5 heteroatoms. The molecule has 1 aliphatic heterocycles. The fraction of sp³-hybridized carbons (Fsp3) is 0.875. The van der Waals surface area contributed by atoms with Gasteiger partial charge in [-0.25, -0.2) is 9.59 Å². The minimum Gasteiger partial charge on any atom is -0.336 e. The maximum atomic E-state index is 12.3. The smallest absolute Gasteiger partial charge is 0.325 e. The molecule has 21 heavy (non-hydrogen) atoms. The van der Waals surface area contributed by atoms with Crippen LogP contribution >= 0.6 is 0 Å². The largest absolute Gasteiger partial charge is 0.336 e. The lowest BCUT2D eigenvalue weighted by Gasteiger charge is -2.38. The van der Waals surface area contributed by atoms with Crippen molar-refractivity contribution in [2.75, 3.05) is 13.1 Å². The molecule has 2 aliphatic rings. The van der Waals surface area contributed by atoms with Gasteiger partial charge in [0.2, 0.25) is 0 Å². The van der Waals surface area contributed by atoms with Gasteiger partial charge in [0.15, 0.2) is 0 Å². The molecule has 2 rings (SSSR count). The third kappa shape index (κ3) is 4.35. The Morgan fingerprint density at radius 2 is 1.86 bits per heavy atom. The highest BCUT2D eigenvalue weighted by Crippen LogP contribution is 2.30. The van der Waals surface area contributed by atoms with Crippen molar-refractivity contribution in [2.24, 2.45) is 11.3 Å². The van der Waals surface area contributed by atoms with Crippen molar-refractivity contribution in [3.63, 3.8) is 0 Å². The van der Waals surface area contributed by atoms with E-state index in [4.69, 9.17) is 0 Å². The van der Waals surface area contributed by atoms with Gasteiger partial charge in [0.25, 0.3) is 0 Å². The fourth-order valence-corrected chi connectivity index (χ4v) is 3.53. The number of hydrogen-bond donors (Lipinski definition) is 2. The third-order valence-electron chi connectivity index (χ3n) is 4.80. The number of rotatable bonds is 4. The molecule has 0 bridgehead atoms. The predicted molar refractivity (Wildman–Crippen MR) is 83.1 cm³/mol. The number of urea groups is 2. The number of nitrogens with one attached hydrogen (secondary N) is 2. The van der Waals surface area contributed by atoms with Crippen LogP contribution in [0, 0.1) is 11.3 Å². The van der Waals surface area contributed by atoms with Gasteiger partial charge in [0, 0.05) is 13.1 Å². The van der Waals surface area contributed by atoms with E-state index in [9.17, 15) is 9.59 Å². The maximum Gasteiger partial charge on any atom is 0.325 e. The molecule has 1 heterocycles. The number of carbonyl (C=O) groups is 2. The summed E-state index contributed by atoms with van der Waals surface area (Å²) in [7, 11) is 0. The Morgan fingerprint density at radius 1 is 1.19 bits per heavy atom. The number of carbonyl (C=O) groups excluding carboxylic acids is 2. The Labute approximate surface area is 127 Å². The van der Waals surface area contributed by atoms with Crippen LogP contribution in [0.2, 0.25) is 0 Å². The lowest BCUT2D eigenvalue weighted by molar-refractivity contribution is 0.122. The first-order chi connectivity index (χ1) is 9.88. The molecule has 0 aromatic rings. The van der Waals surface area contributed by atoms with Crippen LogP contribution in [0.1, 0.15) is 59.3 Å². The highest BCUT2D eigenvalue weighted by Gasteiger charge is 2.36.